The third kappa shape index (κ3) is 2.31. The van der Waals surface area contributed by atoms with Gasteiger partial charge in [-0.25, -0.2) is 4.79 Å². The van der Waals surface area contributed by atoms with Crippen LogP contribution in [0, 0.1) is 0 Å². The highest BCUT2D eigenvalue weighted by molar-refractivity contribution is 5.89. The van der Waals surface area contributed by atoms with Crippen molar-refractivity contribution in [1.29, 1.82) is 0 Å². The van der Waals surface area contributed by atoms with Crippen LogP contribution in [-0.4, -0.2) is 36.1 Å². The monoisotopic (exact) mass is 217 g/mol. The molecule has 0 unspecified atom stereocenters. The average molecular weight is 217 g/mol. The third-order valence-corrected chi connectivity index (χ3v) is 2.89. The van der Waals surface area contributed by atoms with E-state index in [0.29, 0.717) is 5.56 Å². The Kier molecular flexibility index (Phi) is 3.06. The largest absolute Gasteiger partial charge is 0.478 e. The molecule has 0 aliphatic carbocycles. The zero-order chi connectivity index (χ0) is 11.5. The lowest BCUT2D eigenvalue weighted by Crippen LogP contribution is -2.23. The Morgan fingerprint density at radius 2 is 2.25 bits per heavy atom. The van der Waals surface area contributed by atoms with Gasteiger partial charge in [-0.2, -0.15) is 0 Å². The van der Waals surface area contributed by atoms with Crippen LogP contribution in [0.4, 0.5) is 0 Å². The molecular formula is C13H15NO2. The van der Waals surface area contributed by atoms with E-state index < -0.39 is 5.97 Å². The Balaban J connectivity index is 2.27. The third-order valence-electron chi connectivity index (χ3n) is 2.89. The van der Waals surface area contributed by atoms with E-state index >= 15 is 0 Å². The molecule has 3 nitrogen and oxygen atoms in total. The zero-order valence-corrected chi connectivity index (χ0v) is 9.31. The van der Waals surface area contributed by atoms with E-state index in [-0.39, 0.29) is 0 Å². The fourth-order valence-electron chi connectivity index (χ4n) is 1.88. The number of benzene rings is 1. The molecule has 1 aromatic rings. The Bertz CT molecular complexity index is 437. The molecule has 0 fully saturated rings. The minimum Gasteiger partial charge on any atom is -0.478 e. The standard InChI is InChI=1S/C13H15NO2/c1-14-7-5-10(6-8-14)11-3-2-4-12(9-11)13(15)16/h2-5,9H,6-8H2,1H3,(H,15,16). The molecule has 0 amide bonds. The molecule has 1 N–H and O–H groups in total. The second kappa shape index (κ2) is 4.49. The molecule has 3 heteroatoms. The SMILES string of the molecule is CN1CC=C(c2cccc(C(=O)O)c2)CC1. The van der Waals surface area contributed by atoms with Gasteiger partial charge < -0.3 is 10.0 Å². The summed E-state index contributed by atoms with van der Waals surface area (Å²) < 4.78 is 0. The fourth-order valence-corrected chi connectivity index (χ4v) is 1.88. The van der Waals surface area contributed by atoms with Crippen LogP contribution in [0.2, 0.25) is 0 Å². The van der Waals surface area contributed by atoms with Gasteiger partial charge in [0.25, 0.3) is 0 Å². The highest BCUT2D eigenvalue weighted by Crippen LogP contribution is 2.22. The predicted molar refractivity (Wildman–Crippen MR) is 63.5 cm³/mol. The van der Waals surface area contributed by atoms with Crippen LogP contribution < -0.4 is 0 Å². The summed E-state index contributed by atoms with van der Waals surface area (Å²) >= 11 is 0. The van der Waals surface area contributed by atoms with Crippen molar-refractivity contribution in [3.05, 3.63) is 41.5 Å². The molecule has 0 spiro atoms. The van der Waals surface area contributed by atoms with Crippen LogP contribution in [0.1, 0.15) is 22.3 Å². The summed E-state index contributed by atoms with van der Waals surface area (Å²) in [5.41, 5.74) is 2.64. The van der Waals surface area contributed by atoms with Crippen LogP contribution in [0.5, 0.6) is 0 Å². The molecule has 0 saturated carbocycles. The molecule has 16 heavy (non-hydrogen) atoms. The van der Waals surface area contributed by atoms with Gasteiger partial charge in [0.1, 0.15) is 0 Å². The topological polar surface area (TPSA) is 40.5 Å². The highest BCUT2D eigenvalue weighted by atomic mass is 16.4. The predicted octanol–water partition coefficient (Wildman–Crippen LogP) is 2.10. The molecule has 0 bridgehead atoms. The van der Waals surface area contributed by atoms with Gasteiger partial charge in [0, 0.05) is 13.1 Å². The Hall–Kier alpha value is -1.61. The van der Waals surface area contributed by atoms with Crippen molar-refractivity contribution in [2.45, 2.75) is 6.42 Å². The minimum atomic E-state index is -0.865. The first-order valence-electron chi connectivity index (χ1n) is 5.38. The summed E-state index contributed by atoms with van der Waals surface area (Å²) in [6.45, 7) is 1.97. The van der Waals surface area contributed by atoms with Crippen molar-refractivity contribution in [1.82, 2.24) is 4.90 Å². The molecule has 1 heterocycles. The van der Waals surface area contributed by atoms with Crippen LogP contribution in [0.3, 0.4) is 0 Å². The highest BCUT2D eigenvalue weighted by Gasteiger charge is 2.11. The second-order valence-electron chi connectivity index (χ2n) is 4.13. The maximum absolute atomic E-state index is 10.9. The van der Waals surface area contributed by atoms with Crippen molar-refractivity contribution < 1.29 is 9.90 Å². The van der Waals surface area contributed by atoms with Crippen molar-refractivity contribution in [2.24, 2.45) is 0 Å². The molecular weight excluding hydrogens is 202 g/mol. The van der Waals surface area contributed by atoms with Crippen LogP contribution in [-0.2, 0) is 0 Å². The Morgan fingerprint density at radius 1 is 1.44 bits per heavy atom. The van der Waals surface area contributed by atoms with Gasteiger partial charge in [0.05, 0.1) is 5.56 Å². The van der Waals surface area contributed by atoms with Gasteiger partial charge in [0.2, 0.25) is 0 Å². The van der Waals surface area contributed by atoms with Gasteiger partial charge in [0.15, 0.2) is 0 Å². The number of rotatable bonds is 2. The average Bonchev–Trinajstić information content (AvgIpc) is 2.30. The minimum absolute atomic E-state index is 0.359. The van der Waals surface area contributed by atoms with Gasteiger partial charge in [-0.15, -0.1) is 0 Å². The molecule has 2 rings (SSSR count). The van der Waals surface area contributed by atoms with E-state index in [0.717, 1.165) is 25.1 Å². The van der Waals surface area contributed by atoms with Gasteiger partial charge in [-0.1, -0.05) is 18.2 Å². The summed E-state index contributed by atoms with van der Waals surface area (Å²) in [7, 11) is 2.08. The Labute approximate surface area is 95.0 Å². The number of carboxylic acid groups (broad SMARTS) is 1. The molecule has 1 aromatic carbocycles. The van der Waals surface area contributed by atoms with E-state index in [9.17, 15) is 4.79 Å². The summed E-state index contributed by atoms with van der Waals surface area (Å²) in [5.74, 6) is -0.865. The lowest BCUT2D eigenvalue weighted by atomic mass is 9.98. The zero-order valence-electron chi connectivity index (χ0n) is 9.31. The van der Waals surface area contributed by atoms with Crippen molar-refractivity contribution in [2.75, 3.05) is 20.1 Å². The molecule has 0 aromatic heterocycles. The van der Waals surface area contributed by atoms with Crippen LogP contribution in [0.15, 0.2) is 30.3 Å². The number of carbonyl (C=O) groups is 1. The maximum Gasteiger partial charge on any atom is 0.335 e. The molecule has 0 saturated heterocycles. The van der Waals surface area contributed by atoms with Gasteiger partial charge >= 0.3 is 5.97 Å². The molecule has 0 atom stereocenters. The van der Waals surface area contributed by atoms with E-state index in [1.165, 1.54) is 5.57 Å². The first-order valence-corrected chi connectivity index (χ1v) is 5.38. The first kappa shape index (κ1) is 10.9. The summed E-state index contributed by atoms with van der Waals surface area (Å²) in [5, 5.41) is 8.92. The first-order chi connectivity index (χ1) is 7.66. The number of hydrogen-bond acceptors (Lipinski definition) is 2. The summed E-state index contributed by atoms with van der Waals surface area (Å²) in [6, 6.07) is 7.16. The summed E-state index contributed by atoms with van der Waals surface area (Å²) in [4.78, 5) is 13.1. The normalized spacial score (nSPS) is 16.9. The smallest absolute Gasteiger partial charge is 0.335 e. The van der Waals surface area contributed by atoms with Crippen LogP contribution >= 0.6 is 0 Å². The number of carboxylic acids is 1. The van der Waals surface area contributed by atoms with E-state index in [2.05, 4.69) is 18.0 Å². The molecule has 1 aliphatic rings. The van der Waals surface area contributed by atoms with Crippen LogP contribution in [0.25, 0.3) is 5.57 Å². The van der Waals surface area contributed by atoms with E-state index in [1.807, 2.05) is 6.07 Å². The van der Waals surface area contributed by atoms with E-state index in [4.69, 9.17) is 5.11 Å². The number of hydrogen-bond donors (Lipinski definition) is 1. The Morgan fingerprint density at radius 3 is 2.88 bits per heavy atom. The quantitative estimate of drug-likeness (QED) is 0.824. The maximum atomic E-state index is 10.9. The second-order valence-corrected chi connectivity index (χ2v) is 4.13. The van der Waals surface area contributed by atoms with Crippen molar-refractivity contribution in [3.63, 3.8) is 0 Å². The summed E-state index contributed by atoms with van der Waals surface area (Å²) in [6.07, 6.45) is 3.16. The van der Waals surface area contributed by atoms with Crippen molar-refractivity contribution >= 4 is 11.5 Å². The van der Waals surface area contributed by atoms with Gasteiger partial charge in [-0.3, -0.25) is 0 Å². The van der Waals surface area contributed by atoms with Gasteiger partial charge in [-0.05, 0) is 36.7 Å². The van der Waals surface area contributed by atoms with E-state index in [1.54, 1.807) is 18.2 Å². The number of aromatic carboxylic acids is 1. The lowest BCUT2D eigenvalue weighted by Gasteiger charge is -2.22. The molecule has 84 valence electrons. The lowest BCUT2D eigenvalue weighted by molar-refractivity contribution is 0.0697. The fraction of sp³-hybridized carbons (Fsp3) is 0.308. The number of nitrogens with zero attached hydrogens (tertiary/aromatic N) is 1. The number of likely N-dealkylation sites (N-methyl/N-ethyl adjacent to an activating group) is 1. The molecule has 0 radical (unpaired) electrons. The molecule has 1 aliphatic heterocycles. The van der Waals surface area contributed by atoms with Crippen molar-refractivity contribution in [3.8, 4) is 0 Å².